The first-order chi connectivity index (χ1) is 14.5. The topological polar surface area (TPSA) is 73.3 Å². The maximum atomic E-state index is 13.5. The van der Waals surface area contributed by atoms with Gasteiger partial charge in [0, 0.05) is 52.2 Å². The average molecular weight is 429 g/mol. The van der Waals surface area contributed by atoms with Gasteiger partial charge in [-0.15, -0.1) is 0 Å². The number of aromatic nitrogens is 4. The second-order valence-corrected chi connectivity index (χ2v) is 7.48. The summed E-state index contributed by atoms with van der Waals surface area (Å²) in [5.74, 6) is 1.92. The molecule has 0 atom stereocenters. The van der Waals surface area contributed by atoms with Crippen LogP contribution in [0.25, 0.3) is 0 Å². The number of rotatable bonds is 5. The Balaban J connectivity index is 1.53. The molecule has 3 aromatic rings. The van der Waals surface area contributed by atoms with Crippen LogP contribution in [-0.2, 0) is 0 Å². The molecule has 30 heavy (non-hydrogen) atoms. The molecule has 1 aliphatic heterocycles. The van der Waals surface area contributed by atoms with Crippen molar-refractivity contribution in [2.24, 2.45) is 0 Å². The van der Waals surface area contributed by atoms with E-state index in [0.717, 1.165) is 18.9 Å². The lowest BCUT2D eigenvalue weighted by Crippen LogP contribution is -2.47. The van der Waals surface area contributed by atoms with E-state index in [2.05, 4.69) is 35.1 Å². The third-order valence-electron chi connectivity index (χ3n) is 4.69. The van der Waals surface area contributed by atoms with Gasteiger partial charge in [0.2, 0.25) is 17.8 Å². The van der Waals surface area contributed by atoms with Crippen LogP contribution in [0.1, 0.15) is 0 Å². The molecule has 8 nitrogen and oxygen atoms in total. The van der Waals surface area contributed by atoms with Crippen molar-refractivity contribution in [2.45, 2.75) is 0 Å². The Labute approximate surface area is 179 Å². The van der Waals surface area contributed by atoms with Crippen molar-refractivity contribution in [3.05, 3.63) is 53.4 Å². The van der Waals surface area contributed by atoms with E-state index >= 15 is 0 Å². The molecule has 0 saturated carbocycles. The minimum Gasteiger partial charge on any atom is -0.352 e. The molecular weight excluding hydrogens is 407 g/mol. The predicted molar refractivity (Wildman–Crippen MR) is 118 cm³/mol. The number of nitrogens with one attached hydrogen (secondary N) is 1. The van der Waals surface area contributed by atoms with E-state index in [1.54, 1.807) is 18.3 Å². The standard InChI is InChI=1S/C20H22ClFN8/c1-28(2)19-25-18(24-15-6-3-5-14(22)13-15)26-20(27-19)30-11-9-29(10-12-30)17-16(21)7-4-8-23-17/h3-8,13H,9-12H2,1-2H3,(H,24,25,26,27). The number of hydrogen-bond donors (Lipinski definition) is 1. The van der Waals surface area contributed by atoms with Crippen LogP contribution >= 0.6 is 11.6 Å². The van der Waals surface area contributed by atoms with E-state index < -0.39 is 0 Å². The van der Waals surface area contributed by atoms with Gasteiger partial charge < -0.3 is 20.0 Å². The number of hydrogen-bond acceptors (Lipinski definition) is 8. The third-order valence-corrected chi connectivity index (χ3v) is 4.99. The van der Waals surface area contributed by atoms with E-state index in [1.807, 2.05) is 31.1 Å². The Morgan fingerprint density at radius 2 is 1.77 bits per heavy atom. The van der Waals surface area contributed by atoms with Crippen molar-refractivity contribution in [2.75, 3.05) is 60.3 Å². The Morgan fingerprint density at radius 1 is 1.00 bits per heavy atom. The SMILES string of the molecule is CN(C)c1nc(Nc2cccc(F)c2)nc(N2CCN(c3ncccc3Cl)CC2)n1. The largest absolute Gasteiger partial charge is 0.352 e. The summed E-state index contributed by atoms with van der Waals surface area (Å²) in [6, 6.07) is 9.85. The molecule has 10 heteroatoms. The molecular formula is C20H22ClFN8. The molecule has 1 fully saturated rings. The normalized spacial score (nSPS) is 14.0. The van der Waals surface area contributed by atoms with Crippen molar-refractivity contribution in [3.8, 4) is 0 Å². The van der Waals surface area contributed by atoms with Gasteiger partial charge >= 0.3 is 0 Å². The lowest BCUT2D eigenvalue weighted by molar-refractivity contribution is 0.628. The van der Waals surface area contributed by atoms with Gasteiger partial charge in [0.15, 0.2) is 0 Å². The first-order valence-electron chi connectivity index (χ1n) is 9.56. The summed E-state index contributed by atoms with van der Waals surface area (Å²) in [7, 11) is 3.73. The second kappa shape index (κ2) is 8.66. The highest BCUT2D eigenvalue weighted by Crippen LogP contribution is 2.25. The van der Waals surface area contributed by atoms with Crippen LogP contribution in [0.4, 0.5) is 33.7 Å². The molecule has 0 radical (unpaired) electrons. The molecule has 3 heterocycles. The van der Waals surface area contributed by atoms with Crippen LogP contribution in [0.15, 0.2) is 42.6 Å². The van der Waals surface area contributed by atoms with Crippen LogP contribution in [0.2, 0.25) is 5.02 Å². The minimum absolute atomic E-state index is 0.327. The molecule has 0 aliphatic carbocycles. The summed E-state index contributed by atoms with van der Waals surface area (Å²) < 4.78 is 13.5. The van der Waals surface area contributed by atoms with Crippen molar-refractivity contribution >= 4 is 41.0 Å². The fourth-order valence-corrected chi connectivity index (χ4v) is 3.42. The van der Waals surface area contributed by atoms with Gasteiger partial charge in [0.05, 0.1) is 5.02 Å². The van der Waals surface area contributed by atoms with E-state index in [4.69, 9.17) is 11.6 Å². The van der Waals surface area contributed by atoms with E-state index in [9.17, 15) is 4.39 Å². The van der Waals surface area contributed by atoms with Crippen molar-refractivity contribution in [3.63, 3.8) is 0 Å². The van der Waals surface area contributed by atoms with Gasteiger partial charge in [-0.05, 0) is 30.3 Å². The zero-order valence-electron chi connectivity index (χ0n) is 16.8. The monoisotopic (exact) mass is 428 g/mol. The van der Waals surface area contributed by atoms with Crippen molar-refractivity contribution in [1.29, 1.82) is 0 Å². The van der Waals surface area contributed by atoms with Crippen molar-refractivity contribution < 1.29 is 4.39 Å². The molecule has 0 unspecified atom stereocenters. The smallest absolute Gasteiger partial charge is 0.233 e. The van der Waals surface area contributed by atoms with Gasteiger partial charge in [-0.3, -0.25) is 0 Å². The molecule has 4 rings (SSSR count). The number of pyridine rings is 1. The number of halogens is 2. The summed E-state index contributed by atoms with van der Waals surface area (Å²) in [4.78, 5) is 24.0. The first-order valence-corrected chi connectivity index (χ1v) is 9.94. The lowest BCUT2D eigenvalue weighted by Gasteiger charge is -2.35. The van der Waals surface area contributed by atoms with E-state index in [-0.39, 0.29) is 5.82 Å². The van der Waals surface area contributed by atoms with E-state index in [1.165, 1.54) is 12.1 Å². The maximum Gasteiger partial charge on any atom is 0.233 e. The average Bonchev–Trinajstić information content (AvgIpc) is 2.74. The summed E-state index contributed by atoms with van der Waals surface area (Å²) in [6.45, 7) is 2.91. The van der Waals surface area contributed by atoms with Crippen LogP contribution in [-0.4, -0.2) is 60.2 Å². The highest BCUT2D eigenvalue weighted by Gasteiger charge is 2.23. The third kappa shape index (κ3) is 4.51. The Bertz CT molecular complexity index is 1020. The molecule has 1 aliphatic rings. The van der Waals surface area contributed by atoms with Gasteiger partial charge in [0.1, 0.15) is 11.6 Å². The Hall–Kier alpha value is -3.20. The van der Waals surface area contributed by atoms with Crippen LogP contribution in [0.3, 0.4) is 0 Å². The summed E-state index contributed by atoms with van der Waals surface area (Å²) in [5.41, 5.74) is 0.575. The maximum absolute atomic E-state index is 13.5. The van der Waals surface area contributed by atoms with E-state index in [0.29, 0.717) is 41.6 Å². The number of anilines is 5. The zero-order valence-corrected chi connectivity index (χ0v) is 17.5. The molecule has 156 valence electrons. The molecule has 1 N–H and O–H groups in total. The molecule has 0 amide bonds. The highest BCUT2D eigenvalue weighted by molar-refractivity contribution is 6.32. The van der Waals surface area contributed by atoms with Gasteiger partial charge in [-0.25, -0.2) is 9.37 Å². The summed E-state index contributed by atoms with van der Waals surface area (Å²) in [6.07, 6.45) is 1.74. The fourth-order valence-electron chi connectivity index (χ4n) is 3.17. The second-order valence-electron chi connectivity index (χ2n) is 7.07. The molecule has 2 aromatic heterocycles. The van der Waals surface area contributed by atoms with Gasteiger partial charge in [-0.1, -0.05) is 17.7 Å². The number of piperazine rings is 1. The van der Waals surface area contributed by atoms with Crippen LogP contribution in [0.5, 0.6) is 0 Å². The lowest BCUT2D eigenvalue weighted by atomic mass is 10.3. The summed E-state index contributed by atoms with van der Waals surface area (Å²) in [5, 5.41) is 3.71. The zero-order chi connectivity index (χ0) is 21.1. The molecule has 0 bridgehead atoms. The van der Waals surface area contributed by atoms with Crippen LogP contribution in [0, 0.1) is 5.82 Å². The Morgan fingerprint density at radius 3 is 2.47 bits per heavy atom. The molecule has 1 aromatic carbocycles. The Kier molecular flexibility index (Phi) is 5.80. The molecule has 1 saturated heterocycles. The number of nitrogens with zero attached hydrogens (tertiary/aromatic N) is 7. The molecule has 0 spiro atoms. The fraction of sp³-hybridized carbons (Fsp3) is 0.300. The highest BCUT2D eigenvalue weighted by atomic mass is 35.5. The first kappa shape index (κ1) is 20.1. The van der Waals surface area contributed by atoms with Crippen LogP contribution < -0.4 is 20.0 Å². The van der Waals surface area contributed by atoms with Crippen molar-refractivity contribution in [1.82, 2.24) is 19.9 Å². The predicted octanol–water partition coefficient (Wildman–Crippen LogP) is 3.20. The summed E-state index contributed by atoms with van der Waals surface area (Å²) >= 11 is 6.28. The quantitative estimate of drug-likeness (QED) is 0.664. The van der Waals surface area contributed by atoms with Gasteiger partial charge in [-0.2, -0.15) is 15.0 Å². The van der Waals surface area contributed by atoms with Gasteiger partial charge in [0.25, 0.3) is 0 Å². The number of benzene rings is 1. The minimum atomic E-state index is -0.327.